The fourth-order valence-electron chi connectivity index (χ4n) is 0.702. The molecule has 1 nitrogen and oxygen atoms in total. The maximum atomic E-state index is 4.14. The smallest absolute Gasteiger partial charge is 0.107 e. The minimum atomic E-state index is 1.12. The van der Waals surface area contributed by atoms with Gasteiger partial charge in [0, 0.05) is 7.05 Å². The van der Waals surface area contributed by atoms with Gasteiger partial charge in [-0.15, -0.1) is 23.1 Å². The Labute approximate surface area is 69.2 Å². The lowest BCUT2D eigenvalue weighted by Gasteiger charge is -1.94. The molecular formula is C7H9NS2. The van der Waals surface area contributed by atoms with Crippen LogP contribution in [0.5, 0.6) is 0 Å². The molecule has 0 aliphatic heterocycles. The molecule has 0 radical (unpaired) electrons. The van der Waals surface area contributed by atoms with E-state index in [-0.39, 0.29) is 0 Å². The van der Waals surface area contributed by atoms with Crippen molar-refractivity contribution in [3.63, 3.8) is 0 Å². The zero-order valence-corrected chi connectivity index (χ0v) is 7.63. The van der Waals surface area contributed by atoms with Crippen molar-refractivity contribution < 1.29 is 0 Å². The Bertz CT molecular complexity index is 214. The monoisotopic (exact) mass is 171 g/mol. The normalized spacial score (nSPS) is 12.0. The summed E-state index contributed by atoms with van der Waals surface area (Å²) in [5, 5.41) is 3.19. The van der Waals surface area contributed by atoms with E-state index in [1.54, 1.807) is 23.1 Å². The minimum absolute atomic E-state index is 1.12. The Hall–Kier alpha value is -0.280. The van der Waals surface area contributed by atoms with E-state index in [0.717, 1.165) is 5.04 Å². The van der Waals surface area contributed by atoms with Gasteiger partial charge in [0.2, 0.25) is 0 Å². The molecule has 0 atom stereocenters. The van der Waals surface area contributed by atoms with E-state index >= 15 is 0 Å². The van der Waals surface area contributed by atoms with Crippen LogP contribution in [0.2, 0.25) is 0 Å². The zero-order chi connectivity index (χ0) is 7.40. The molecule has 0 bridgehead atoms. The predicted octanol–water partition coefficient (Wildman–Crippen LogP) is 2.49. The minimum Gasteiger partial charge on any atom is -0.280 e. The third-order valence-corrected chi connectivity index (χ3v) is 2.92. The lowest BCUT2D eigenvalue weighted by Crippen LogP contribution is -1.88. The van der Waals surface area contributed by atoms with Crippen molar-refractivity contribution in [3.05, 3.63) is 22.4 Å². The molecule has 0 saturated heterocycles. The van der Waals surface area contributed by atoms with E-state index in [9.17, 15) is 0 Å². The second kappa shape index (κ2) is 3.78. The molecule has 1 heterocycles. The number of nitrogens with zero attached hydrogens (tertiary/aromatic N) is 1. The highest BCUT2D eigenvalue weighted by Crippen LogP contribution is 2.15. The molecule has 0 spiro atoms. The lowest BCUT2D eigenvalue weighted by atomic mass is 10.5. The van der Waals surface area contributed by atoms with Gasteiger partial charge < -0.3 is 0 Å². The van der Waals surface area contributed by atoms with Gasteiger partial charge in [-0.05, 0) is 17.7 Å². The van der Waals surface area contributed by atoms with Gasteiger partial charge in [-0.2, -0.15) is 0 Å². The number of hydrogen-bond acceptors (Lipinski definition) is 3. The summed E-state index contributed by atoms with van der Waals surface area (Å²) in [6, 6.07) is 4.13. The molecule has 1 rings (SSSR count). The quantitative estimate of drug-likeness (QED) is 0.467. The van der Waals surface area contributed by atoms with Gasteiger partial charge in [-0.3, -0.25) is 4.99 Å². The topological polar surface area (TPSA) is 12.4 Å². The molecule has 0 aliphatic carbocycles. The van der Waals surface area contributed by atoms with E-state index in [1.165, 1.54) is 4.88 Å². The van der Waals surface area contributed by atoms with Crippen LogP contribution in [0.25, 0.3) is 0 Å². The highest BCUT2D eigenvalue weighted by molar-refractivity contribution is 8.14. The molecule has 0 aromatic carbocycles. The first-order chi connectivity index (χ1) is 4.88. The van der Waals surface area contributed by atoms with Crippen LogP contribution in [0.3, 0.4) is 0 Å². The average molecular weight is 171 g/mol. The van der Waals surface area contributed by atoms with Crippen LogP contribution < -0.4 is 0 Å². The second-order valence-electron chi connectivity index (χ2n) is 1.71. The first kappa shape index (κ1) is 7.82. The van der Waals surface area contributed by atoms with E-state index in [2.05, 4.69) is 16.4 Å². The number of thiophene rings is 1. The number of aliphatic imine (C=N–C) groups is 1. The first-order valence-electron chi connectivity index (χ1n) is 2.93. The fourth-order valence-corrected chi connectivity index (χ4v) is 2.20. The summed E-state index contributed by atoms with van der Waals surface area (Å²) < 4.78 is 0. The third kappa shape index (κ3) is 1.61. The van der Waals surface area contributed by atoms with E-state index < -0.39 is 0 Å². The molecule has 0 N–H and O–H groups in total. The standard InChI is InChI=1S/C7H9NS2/c1-8-7(9-2)6-4-3-5-10-6/h3-5H,1-2H3/b8-7-. The summed E-state index contributed by atoms with van der Waals surface area (Å²) in [5.74, 6) is 0. The van der Waals surface area contributed by atoms with Gasteiger partial charge in [0.05, 0.1) is 4.88 Å². The summed E-state index contributed by atoms with van der Waals surface area (Å²) in [6.45, 7) is 0. The Morgan fingerprint density at radius 3 is 2.90 bits per heavy atom. The van der Waals surface area contributed by atoms with Crippen molar-refractivity contribution in [1.82, 2.24) is 0 Å². The highest BCUT2D eigenvalue weighted by atomic mass is 32.2. The number of hydrogen-bond donors (Lipinski definition) is 0. The summed E-state index contributed by atoms with van der Waals surface area (Å²) in [5.41, 5.74) is 0. The summed E-state index contributed by atoms with van der Waals surface area (Å²) in [6.07, 6.45) is 2.04. The SMILES string of the molecule is C/N=C(\SC)c1cccs1. The number of rotatable bonds is 1. The second-order valence-corrected chi connectivity index (χ2v) is 3.45. The summed E-state index contributed by atoms with van der Waals surface area (Å²) >= 11 is 3.42. The molecule has 0 aliphatic rings. The van der Waals surface area contributed by atoms with Crippen LogP contribution in [-0.2, 0) is 0 Å². The molecule has 0 saturated carbocycles. The van der Waals surface area contributed by atoms with Crippen molar-refractivity contribution in [3.8, 4) is 0 Å². The highest BCUT2D eigenvalue weighted by Gasteiger charge is 1.99. The van der Waals surface area contributed by atoms with Crippen molar-refractivity contribution in [2.75, 3.05) is 13.3 Å². The van der Waals surface area contributed by atoms with Gasteiger partial charge in [-0.1, -0.05) is 6.07 Å². The van der Waals surface area contributed by atoms with Crippen molar-refractivity contribution in [1.29, 1.82) is 0 Å². The zero-order valence-electron chi connectivity index (χ0n) is 6.00. The van der Waals surface area contributed by atoms with Crippen LogP contribution in [0, 0.1) is 0 Å². The van der Waals surface area contributed by atoms with Gasteiger partial charge in [0.15, 0.2) is 0 Å². The van der Waals surface area contributed by atoms with Crippen LogP contribution >= 0.6 is 23.1 Å². The number of thioether (sulfide) groups is 1. The Morgan fingerprint density at radius 1 is 1.70 bits per heavy atom. The molecule has 1 aromatic rings. The van der Waals surface area contributed by atoms with Crippen LogP contribution in [-0.4, -0.2) is 18.3 Å². The van der Waals surface area contributed by atoms with Crippen LogP contribution in [0.1, 0.15) is 4.88 Å². The van der Waals surface area contributed by atoms with Crippen LogP contribution in [0.4, 0.5) is 0 Å². The van der Waals surface area contributed by atoms with Crippen molar-refractivity contribution >= 4 is 28.1 Å². The molecular weight excluding hydrogens is 162 g/mol. The Balaban J connectivity index is 2.85. The van der Waals surface area contributed by atoms with E-state index in [1.807, 2.05) is 19.4 Å². The van der Waals surface area contributed by atoms with Gasteiger partial charge in [0.1, 0.15) is 5.04 Å². The summed E-state index contributed by atoms with van der Waals surface area (Å²) in [7, 11) is 1.82. The predicted molar refractivity (Wildman–Crippen MR) is 50.3 cm³/mol. The van der Waals surface area contributed by atoms with Crippen molar-refractivity contribution in [2.45, 2.75) is 0 Å². The van der Waals surface area contributed by atoms with Gasteiger partial charge in [0.25, 0.3) is 0 Å². The van der Waals surface area contributed by atoms with Crippen molar-refractivity contribution in [2.24, 2.45) is 4.99 Å². The molecule has 54 valence electrons. The van der Waals surface area contributed by atoms with E-state index in [0.29, 0.717) is 0 Å². The molecule has 0 fully saturated rings. The maximum Gasteiger partial charge on any atom is 0.107 e. The van der Waals surface area contributed by atoms with Crippen LogP contribution in [0.15, 0.2) is 22.5 Å². The summed E-state index contributed by atoms with van der Waals surface area (Å²) in [4.78, 5) is 5.40. The maximum absolute atomic E-state index is 4.14. The third-order valence-electron chi connectivity index (χ3n) is 1.13. The largest absolute Gasteiger partial charge is 0.280 e. The molecule has 0 unspecified atom stereocenters. The fraction of sp³-hybridized carbons (Fsp3) is 0.286. The van der Waals surface area contributed by atoms with Gasteiger partial charge in [-0.25, -0.2) is 0 Å². The van der Waals surface area contributed by atoms with E-state index in [4.69, 9.17) is 0 Å². The molecule has 3 heteroatoms. The molecule has 10 heavy (non-hydrogen) atoms. The molecule has 0 amide bonds. The molecule has 1 aromatic heterocycles. The Kier molecular flexibility index (Phi) is 2.96. The van der Waals surface area contributed by atoms with Gasteiger partial charge >= 0.3 is 0 Å². The average Bonchev–Trinajstić information content (AvgIpc) is 2.43. The Morgan fingerprint density at radius 2 is 2.50 bits per heavy atom. The lowest BCUT2D eigenvalue weighted by molar-refractivity contribution is 1.47. The first-order valence-corrected chi connectivity index (χ1v) is 5.03.